The van der Waals surface area contributed by atoms with Gasteiger partial charge in [-0.05, 0) is 54.1 Å². The number of nitrogens with zero attached hydrogens (tertiary/aromatic N) is 2. The summed E-state index contributed by atoms with van der Waals surface area (Å²) in [6.45, 7) is 7.09. The van der Waals surface area contributed by atoms with Crippen molar-refractivity contribution in [1.29, 1.82) is 0 Å². The average molecular weight is 589 g/mol. The Morgan fingerprint density at radius 2 is 0.500 bits per heavy atom. The zero-order valence-corrected chi connectivity index (χ0v) is 26.7. The first-order chi connectivity index (χ1) is 14.5. The van der Waals surface area contributed by atoms with Crippen LogP contribution in [0.15, 0.2) is 0 Å². The van der Waals surface area contributed by atoms with Crippen molar-refractivity contribution >= 4 is 34.0 Å². The summed E-state index contributed by atoms with van der Waals surface area (Å²) in [5, 5.41) is 0. The Balaban J connectivity index is -0.000000231. The number of hydrogen-bond donors (Lipinski definition) is 0. The van der Waals surface area contributed by atoms with Gasteiger partial charge < -0.3 is 9.80 Å². The standard InChI is InChI=1S/2C14H31N.2BrH/c2*1-4-5-6-7-8-9-10-11-12-13-14-15(2)3;;/h2*4-14H2,1-3H3;2*1H. The van der Waals surface area contributed by atoms with E-state index in [-0.39, 0.29) is 34.0 Å². The van der Waals surface area contributed by atoms with Crippen molar-refractivity contribution in [3.63, 3.8) is 0 Å². The number of unbranched alkanes of at least 4 members (excludes halogenated alkanes) is 18. The molecular weight excluding hydrogens is 524 g/mol. The fourth-order valence-electron chi connectivity index (χ4n) is 3.83. The van der Waals surface area contributed by atoms with Gasteiger partial charge in [-0.2, -0.15) is 0 Å². The van der Waals surface area contributed by atoms with Gasteiger partial charge >= 0.3 is 0 Å². The van der Waals surface area contributed by atoms with E-state index in [0.29, 0.717) is 0 Å². The lowest BCUT2D eigenvalue weighted by molar-refractivity contribution is 0.389. The monoisotopic (exact) mass is 586 g/mol. The van der Waals surface area contributed by atoms with E-state index >= 15 is 0 Å². The van der Waals surface area contributed by atoms with Gasteiger partial charge in [0.05, 0.1) is 0 Å². The largest absolute Gasteiger partial charge is 0.309 e. The molecule has 0 atom stereocenters. The highest BCUT2D eigenvalue weighted by Crippen LogP contribution is 2.11. The number of rotatable bonds is 22. The van der Waals surface area contributed by atoms with E-state index in [1.807, 2.05) is 0 Å². The lowest BCUT2D eigenvalue weighted by Gasteiger charge is -2.08. The minimum Gasteiger partial charge on any atom is -0.309 e. The maximum atomic E-state index is 2.28. The second kappa shape index (κ2) is 36.4. The second-order valence-corrected chi connectivity index (χ2v) is 9.97. The highest BCUT2D eigenvalue weighted by molar-refractivity contribution is 8.93. The summed E-state index contributed by atoms with van der Waals surface area (Å²) in [6.07, 6.45) is 28.7. The molecule has 4 heteroatoms. The zero-order chi connectivity index (χ0) is 22.7. The van der Waals surface area contributed by atoms with Crippen LogP contribution in [-0.4, -0.2) is 51.1 Å². The van der Waals surface area contributed by atoms with Gasteiger partial charge in [0, 0.05) is 0 Å². The van der Waals surface area contributed by atoms with Gasteiger partial charge in [-0.15, -0.1) is 34.0 Å². The number of hydrogen-bond acceptors (Lipinski definition) is 2. The third-order valence-corrected chi connectivity index (χ3v) is 5.92. The van der Waals surface area contributed by atoms with Gasteiger partial charge in [-0.3, -0.25) is 0 Å². The average Bonchev–Trinajstić information content (AvgIpc) is 2.71. The molecule has 32 heavy (non-hydrogen) atoms. The van der Waals surface area contributed by atoms with E-state index in [2.05, 4.69) is 51.8 Å². The molecule has 0 saturated carbocycles. The minimum atomic E-state index is 0. The second-order valence-electron chi connectivity index (χ2n) is 9.97. The van der Waals surface area contributed by atoms with Gasteiger partial charge in [0.15, 0.2) is 0 Å². The van der Waals surface area contributed by atoms with Crippen LogP contribution in [0.25, 0.3) is 0 Å². The Kier molecular flexibility index (Phi) is 45.6. The first kappa shape index (κ1) is 40.1. The van der Waals surface area contributed by atoms with E-state index in [4.69, 9.17) is 0 Å². The maximum absolute atomic E-state index is 2.28. The van der Waals surface area contributed by atoms with Crippen molar-refractivity contribution in [2.24, 2.45) is 0 Å². The normalized spacial score (nSPS) is 10.5. The Hall–Kier alpha value is 0.880. The Bertz CT molecular complexity index is 259. The van der Waals surface area contributed by atoms with Crippen LogP contribution in [0.3, 0.4) is 0 Å². The summed E-state index contributed by atoms with van der Waals surface area (Å²) in [6, 6.07) is 0. The quantitative estimate of drug-likeness (QED) is 0.116. The van der Waals surface area contributed by atoms with Gasteiger partial charge in [-0.25, -0.2) is 0 Å². The minimum absolute atomic E-state index is 0. The summed E-state index contributed by atoms with van der Waals surface area (Å²) in [5.74, 6) is 0. The molecule has 0 saturated heterocycles. The molecule has 0 fully saturated rings. The lowest BCUT2D eigenvalue weighted by atomic mass is 10.1. The van der Waals surface area contributed by atoms with E-state index in [1.54, 1.807) is 0 Å². The van der Waals surface area contributed by atoms with Gasteiger partial charge in [-0.1, -0.05) is 129 Å². The van der Waals surface area contributed by atoms with Crippen LogP contribution >= 0.6 is 34.0 Å². The fourth-order valence-corrected chi connectivity index (χ4v) is 3.83. The molecule has 0 bridgehead atoms. The third-order valence-electron chi connectivity index (χ3n) is 5.92. The highest BCUT2D eigenvalue weighted by Gasteiger charge is 1.94. The molecule has 0 aliphatic heterocycles. The molecule has 0 aliphatic rings. The third kappa shape index (κ3) is 44.5. The molecule has 0 aromatic rings. The predicted molar refractivity (Wildman–Crippen MR) is 161 cm³/mol. The summed E-state index contributed by atoms with van der Waals surface area (Å²) < 4.78 is 0. The number of halogens is 2. The van der Waals surface area contributed by atoms with Crippen LogP contribution in [0, 0.1) is 0 Å². The summed E-state index contributed by atoms with van der Waals surface area (Å²) in [5.41, 5.74) is 0. The van der Waals surface area contributed by atoms with Crippen molar-refractivity contribution < 1.29 is 0 Å². The molecule has 0 heterocycles. The van der Waals surface area contributed by atoms with E-state index < -0.39 is 0 Å². The van der Waals surface area contributed by atoms with Crippen molar-refractivity contribution in [2.45, 2.75) is 142 Å². The van der Waals surface area contributed by atoms with Gasteiger partial charge in [0.25, 0.3) is 0 Å². The van der Waals surface area contributed by atoms with Crippen LogP contribution in [-0.2, 0) is 0 Å². The summed E-state index contributed by atoms with van der Waals surface area (Å²) >= 11 is 0. The Morgan fingerprint density at radius 3 is 0.688 bits per heavy atom. The molecule has 0 spiro atoms. The summed E-state index contributed by atoms with van der Waals surface area (Å²) in [4.78, 5) is 4.56. The van der Waals surface area contributed by atoms with Gasteiger partial charge in [0.1, 0.15) is 0 Å². The summed E-state index contributed by atoms with van der Waals surface area (Å²) in [7, 11) is 8.64. The molecule has 0 N–H and O–H groups in total. The van der Waals surface area contributed by atoms with Crippen molar-refractivity contribution in [1.82, 2.24) is 9.80 Å². The Morgan fingerprint density at radius 1 is 0.312 bits per heavy atom. The lowest BCUT2D eigenvalue weighted by Crippen LogP contribution is -2.12. The predicted octanol–water partition coefficient (Wildman–Crippen LogP) is 10.1. The first-order valence-electron chi connectivity index (χ1n) is 13.8. The van der Waals surface area contributed by atoms with E-state index in [9.17, 15) is 0 Å². The molecule has 0 rings (SSSR count). The zero-order valence-electron chi connectivity index (χ0n) is 23.3. The Labute approximate surface area is 226 Å². The van der Waals surface area contributed by atoms with Crippen LogP contribution in [0.4, 0.5) is 0 Å². The molecule has 0 amide bonds. The molecular formula is C28H64Br2N2. The smallest absolute Gasteiger partial charge is 0.00248 e. The van der Waals surface area contributed by atoms with Crippen molar-refractivity contribution in [2.75, 3.05) is 41.3 Å². The molecule has 0 unspecified atom stereocenters. The van der Waals surface area contributed by atoms with Crippen LogP contribution < -0.4 is 0 Å². The van der Waals surface area contributed by atoms with Crippen LogP contribution in [0.1, 0.15) is 142 Å². The van der Waals surface area contributed by atoms with E-state index in [1.165, 1.54) is 142 Å². The topological polar surface area (TPSA) is 6.48 Å². The fraction of sp³-hybridized carbons (Fsp3) is 1.00. The van der Waals surface area contributed by atoms with Crippen LogP contribution in [0.2, 0.25) is 0 Å². The van der Waals surface area contributed by atoms with Crippen LogP contribution in [0.5, 0.6) is 0 Å². The van der Waals surface area contributed by atoms with E-state index in [0.717, 1.165) is 0 Å². The van der Waals surface area contributed by atoms with Crippen molar-refractivity contribution in [3.8, 4) is 0 Å². The first-order valence-corrected chi connectivity index (χ1v) is 13.8. The molecule has 0 aromatic carbocycles. The molecule has 2 nitrogen and oxygen atoms in total. The SMILES string of the molecule is Br.Br.CCCCCCCCCCCCN(C)C.CCCCCCCCCCCCN(C)C. The molecule has 0 aromatic heterocycles. The molecule has 200 valence electrons. The molecule has 0 aliphatic carbocycles. The molecule has 0 radical (unpaired) electrons. The maximum Gasteiger partial charge on any atom is -0.00248 e. The van der Waals surface area contributed by atoms with Crippen molar-refractivity contribution in [3.05, 3.63) is 0 Å². The highest BCUT2D eigenvalue weighted by atomic mass is 79.9. The van der Waals surface area contributed by atoms with Gasteiger partial charge in [0.2, 0.25) is 0 Å².